The highest BCUT2D eigenvalue weighted by molar-refractivity contribution is 5.69. The lowest BCUT2D eigenvalue weighted by molar-refractivity contribution is -0.151. The summed E-state index contributed by atoms with van der Waals surface area (Å²) in [6.07, 6.45) is 29.8. The minimum Gasteiger partial charge on any atom is -0.462 e. The van der Waals surface area contributed by atoms with Gasteiger partial charge >= 0.3 is 5.97 Å². The van der Waals surface area contributed by atoms with E-state index in [4.69, 9.17) is 4.74 Å². The van der Waals surface area contributed by atoms with Crippen LogP contribution >= 0.6 is 0 Å². The Balaban J connectivity index is 1.33. The summed E-state index contributed by atoms with van der Waals surface area (Å²) in [5, 5.41) is 0. The molecule has 3 saturated carbocycles. The van der Waals surface area contributed by atoms with E-state index < -0.39 is 0 Å². The van der Waals surface area contributed by atoms with Crippen molar-refractivity contribution in [3.63, 3.8) is 0 Å². The maximum Gasteiger partial charge on any atom is 0.306 e. The van der Waals surface area contributed by atoms with Gasteiger partial charge in [-0.15, -0.1) is 0 Å². The number of rotatable bonds is 13. The van der Waals surface area contributed by atoms with Crippen molar-refractivity contribution >= 4 is 5.97 Å². The Hall–Kier alpha value is -1.31. The van der Waals surface area contributed by atoms with Crippen molar-refractivity contribution in [1.82, 2.24) is 0 Å². The van der Waals surface area contributed by atoms with Gasteiger partial charge in [0, 0.05) is 12.8 Å². The fraction of sp³-hybridized carbons (Fsp3) is 0.821. The molecule has 9 unspecified atom stereocenters. The minimum absolute atomic E-state index is 0.0256. The zero-order chi connectivity index (χ0) is 29.6. The van der Waals surface area contributed by atoms with Crippen molar-refractivity contribution in [3.8, 4) is 0 Å². The van der Waals surface area contributed by atoms with Crippen LogP contribution in [0.4, 0.5) is 0 Å². The maximum absolute atomic E-state index is 12.6. The number of fused-ring (bicyclic) bond motifs is 5. The number of carbonyl (C=O) groups excluding carboxylic acids is 1. The fourth-order valence-electron chi connectivity index (χ4n) is 10.1. The van der Waals surface area contributed by atoms with Gasteiger partial charge in [-0.1, -0.05) is 90.8 Å². The third kappa shape index (κ3) is 7.26. The van der Waals surface area contributed by atoms with Crippen molar-refractivity contribution in [1.29, 1.82) is 0 Å². The van der Waals surface area contributed by atoms with E-state index in [9.17, 15) is 4.79 Å². The first kappa shape index (κ1) is 32.6. The molecular weight excluding hydrogens is 500 g/mol. The van der Waals surface area contributed by atoms with Crippen LogP contribution in [0, 0.1) is 52.3 Å². The molecule has 0 N–H and O–H groups in total. The Kier molecular flexibility index (Phi) is 11.5. The third-order valence-electron chi connectivity index (χ3n) is 12.7. The molecule has 0 saturated heterocycles. The summed E-state index contributed by atoms with van der Waals surface area (Å²) in [5.41, 5.74) is 2.43. The smallest absolute Gasteiger partial charge is 0.306 e. The molecule has 0 bridgehead atoms. The van der Waals surface area contributed by atoms with Crippen molar-refractivity contribution < 1.29 is 9.53 Å². The number of carbonyl (C=O) groups is 1. The Labute approximate surface area is 254 Å². The molecular formula is C39H64O2. The normalized spacial score (nSPS) is 36.6. The predicted molar refractivity (Wildman–Crippen MR) is 175 cm³/mol. The van der Waals surface area contributed by atoms with Gasteiger partial charge in [0.1, 0.15) is 6.10 Å². The van der Waals surface area contributed by atoms with Gasteiger partial charge in [-0.05, 0) is 129 Å². The zero-order valence-corrected chi connectivity index (χ0v) is 27.9. The first-order chi connectivity index (χ1) is 19.6. The Morgan fingerprint density at radius 3 is 2.49 bits per heavy atom. The van der Waals surface area contributed by atoms with E-state index in [0.717, 1.165) is 68.1 Å². The van der Waals surface area contributed by atoms with E-state index in [2.05, 4.69) is 78.8 Å². The largest absolute Gasteiger partial charge is 0.462 e. The highest BCUT2D eigenvalue weighted by Gasteiger charge is 2.59. The van der Waals surface area contributed by atoms with Crippen LogP contribution in [0.15, 0.2) is 36.0 Å². The number of allylic oxidation sites excluding steroid dienone is 5. The van der Waals surface area contributed by atoms with E-state index in [1.807, 2.05) is 0 Å². The summed E-state index contributed by atoms with van der Waals surface area (Å²) in [7, 11) is 0. The highest BCUT2D eigenvalue weighted by Crippen LogP contribution is 2.67. The molecule has 0 spiro atoms. The summed E-state index contributed by atoms with van der Waals surface area (Å²) in [6.45, 7) is 17.1. The molecule has 0 amide bonds. The van der Waals surface area contributed by atoms with E-state index in [0.29, 0.717) is 29.1 Å². The molecule has 2 heteroatoms. The van der Waals surface area contributed by atoms with Crippen molar-refractivity contribution in [2.75, 3.05) is 0 Å². The number of hydrogen-bond donors (Lipinski definition) is 0. The van der Waals surface area contributed by atoms with Gasteiger partial charge in [0.2, 0.25) is 0 Å². The highest BCUT2D eigenvalue weighted by atomic mass is 16.5. The SMILES string of the molecule is CCC/C=C\CCCCC(=O)OC1CCC2(C)C(=CCC3C2CCC2(C)C(C(C)/C=C/C(CC)C(C)C)CCC32)C1. The average molecular weight is 565 g/mol. The second-order valence-electron chi connectivity index (χ2n) is 15.4. The molecule has 4 rings (SSSR count). The molecule has 232 valence electrons. The van der Waals surface area contributed by atoms with E-state index in [-0.39, 0.29) is 12.1 Å². The van der Waals surface area contributed by atoms with Crippen molar-refractivity contribution in [2.45, 2.75) is 151 Å². The first-order valence-corrected chi connectivity index (χ1v) is 17.9. The summed E-state index contributed by atoms with van der Waals surface area (Å²) < 4.78 is 6.05. The molecule has 0 aromatic rings. The quantitative estimate of drug-likeness (QED) is 0.126. The molecule has 0 heterocycles. The van der Waals surface area contributed by atoms with E-state index >= 15 is 0 Å². The predicted octanol–water partition coefficient (Wildman–Crippen LogP) is 11.3. The topological polar surface area (TPSA) is 26.3 Å². The molecule has 3 fully saturated rings. The summed E-state index contributed by atoms with van der Waals surface area (Å²) in [5.74, 6) is 5.51. The second-order valence-corrected chi connectivity index (χ2v) is 15.4. The van der Waals surface area contributed by atoms with Gasteiger partial charge in [0.25, 0.3) is 0 Å². The summed E-state index contributed by atoms with van der Waals surface area (Å²) in [6, 6.07) is 0. The summed E-state index contributed by atoms with van der Waals surface area (Å²) in [4.78, 5) is 12.6. The Bertz CT molecular complexity index is 941. The third-order valence-corrected chi connectivity index (χ3v) is 12.7. The van der Waals surface area contributed by atoms with Crippen LogP contribution in [0.2, 0.25) is 0 Å². The minimum atomic E-state index is 0.0256. The van der Waals surface area contributed by atoms with Crippen LogP contribution in [-0.4, -0.2) is 12.1 Å². The zero-order valence-electron chi connectivity index (χ0n) is 27.9. The first-order valence-electron chi connectivity index (χ1n) is 17.9. The van der Waals surface area contributed by atoms with Crippen LogP contribution in [0.3, 0.4) is 0 Å². The lowest BCUT2D eigenvalue weighted by Crippen LogP contribution is -2.51. The second kappa shape index (κ2) is 14.4. The molecule has 4 aliphatic rings. The Morgan fingerprint density at radius 1 is 0.976 bits per heavy atom. The molecule has 41 heavy (non-hydrogen) atoms. The Morgan fingerprint density at radius 2 is 1.76 bits per heavy atom. The lowest BCUT2D eigenvalue weighted by atomic mass is 9.47. The van der Waals surface area contributed by atoms with Crippen LogP contribution in [0.25, 0.3) is 0 Å². The number of hydrogen-bond acceptors (Lipinski definition) is 2. The van der Waals surface area contributed by atoms with Crippen LogP contribution in [0.5, 0.6) is 0 Å². The number of ether oxygens (including phenoxy) is 1. The van der Waals surface area contributed by atoms with Crippen LogP contribution in [-0.2, 0) is 9.53 Å². The molecule has 0 radical (unpaired) electrons. The van der Waals surface area contributed by atoms with Gasteiger partial charge in [-0.25, -0.2) is 0 Å². The van der Waals surface area contributed by atoms with Crippen LogP contribution < -0.4 is 0 Å². The van der Waals surface area contributed by atoms with Crippen LogP contribution in [0.1, 0.15) is 145 Å². The maximum atomic E-state index is 12.6. The van der Waals surface area contributed by atoms with Crippen molar-refractivity contribution in [3.05, 3.63) is 36.0 Å². The molecule has 0 aliphatic heterocycles. The lowest BCUT2D eigenvalue weighted by Gasteiger charge is -2.58. The molecule has 0 aromatic heterocycles. The number of unbranched alkanes of at least 4 members (excludes halogenated alkanes) is 3. The van der Waals surface area contributed by atoms with E-state index in [1.54, 1.807) is 5.57 Å². The summed E-state index contributed by atoms with van der Waals surface area (Å²) >= 11 is 0. The molecule has 2 nitrogen and oxygen atoms in total. The van der Waals surface area contributed by atoms with E-state index in [1.165, 1.54) is 51.4 Å². The van der Waals surface area contributed by atoms with Gasteiger partial charge in [-0.2, -0.15) is 0 Å². The van der Waals surface area contributed by atoms with Gasteiger partial charge < -0.3 is 4.74 Å². The average Bonchev–Trinajstić information content (AvgIpc) is 3.30. The molecule has 9 atom stereocenters. The van der Waals surface area contributed by atoms with Gasteiger partial charge in [-0.3, -0.25) is 4.79 Å². The van der Waals surface area contributed by atoms with Gasteiger partial charge in [0.15, 0.2) is 0 Å². The molecule has 0 aromatic carbocycles. The number of esters is 1. The standard InChI is InChI=1S/C39H64O2/c1-8-10-11-12-13-14-15-16-37(40)41-32-23-25-38(6)31(27-32)19-20-33-35-22-21-34(39(35,7)26-24-36(33)38)29(5)17-18-30(9-2)28(3)4/h11-12,17-19,28-30,32-36H,8-10,13-16,20-27H2,1-7H3/b12-11-,18-17+. The van der Waals surface area contributed by atoms with Crippen molar-refractivity contribution in [2.24, 2.45) is 52.3 Å². The van der Waals surface area contributed by atoms with Gasteiger partial charge in [0.05, 0.1) is 0 Å². The molecule has 4 aliphatic carbocycles. The fourth-order valence-corrected chi connectivity index (χ4v) is 10.1. The monoisotopic (exact) mass is 564 g/mol.